The molecule has 5 aliphatic rings. The van der Waals surface area contributed by atoms with Crippen LogP contribution < -0.4 is 5.32 Å². The summed E-state index contributed by atoms with van der Waals surface area (Å²) in [5.41, 5.74) is 0.0835. The SMILES string of the molecule is COC(=O)[C@@]1(C)CC[C@]2(C)CC[C@]3(C)C(=CC(=O)C4[C@@]5(C)CCC(NC(=O)c6ccccc6C(=O)O)C(C)(C)C5CC[C@]43C)C2C1. The smallest absolute Gasteiger partial charge is 0.336 e. The van der Waals surface area contributed by atoms with Gasteiger partial charge in [-0.15, -0.1) is 0 Å². The third-order valence-corrected chi connectivity index (χ3v) is 15.0. The Morgan fingerprint density at radius 1 is 0.870 bits per heavy atom. The Morgan fingerprint density at radius 3 is 2.17 bits per heavy atom. The number of carboxylic acid groups (broad SMARTS) is 1. The number of hydrogen-bond acceptors (Lipinski definition) is 5. The van der Waals surface area contributed by atoms with Crippen molar-refractivity contribution >= 4 is 23.6 Å². The molecule has 0 bridgehead atoms. The number of aromatic carboxylic acids is 1. The molecule has 1 aromatic carbocycles. The molecule has 0 spiro atoms. The highest BCUT2D eigenvalue weighted by atomic mass is 16.5. The van der Waals surface area contributed by atoms with Gasteiger partial charge in [0, 0.05) is 12.0 Å². The molecule has 7 nitrogen and oxygen atoms in total. The topological polar surface area (TPSA) is 110 Å². The minimum atomic E-state index is -1.12. The van der Waals surface area contributed by atoms with Crippen molar-refractivity contribution in [1.82, 2.24) is 5.32 Å². The number of allylic oxidation sites excluding steroid dienone is 2. The second-order valence-electron chi connectivity index (χ2n) is 17.5. The minimum Gasteiger partial charge on any atom is -0.478 e. The maximum atomic E-state index is 14.7. The van der Waals surface area contributed by atoms with Crippen LogP contribution in [0.5, 0.6) is 0 Å². The number of fused-ring (bicyclic) bond motifs is 7. The molecule has 5 aliphatic carbocycles. The maximum absolute atomic E-state index is 14.7. The van der Waals surface area contributed by atoms with Gasteiger partial charge in [-0.05, 0) is 122 Å². The van der Waals surface area contributed by atoms with E-state index in [2.05, 4.69) is 46.9 Å². The van der Waals surface area contributed by atoms with Crippen molar-refractivity contribution in [3.63, 3.8) is 0 Å². The number of rotatable bonds is 4. The van der Waals surface area contributed by atoms with Gasteiger partial charge in [-0.25, -0.2) is 4.79 Å². The Balaban J connectivity index is 1.33. The van der Waals surface area contributed by atoms with Crippen LogP contribution in [0.1, 0.15) is 127 Å². The van der Waals surface area contributed by atoms with Crippen LogP contribution in [0.15, 0.2) is 35.9 Å². The molecule has 1 aromatic rings. The fourth-order valence-corrected chi connectivity index (χ4v) is 12.0. The van der Waals surface area contributed by atoms with Gasteiger partial charge in [-0.2, -0.15) is 0 Å². The molecule has 7 heteroatoms. The lowest BCUT2D eigenvalue weighted by atomic mass is 9.33. The summed E-state index contributed by atoms with van der Waals surface area (Å²) in [5.74, 6) is -1.12. The van der Waals surface area contributed by atoms with E-state index in [9.17, 15) is 24.3 Å². The third-order valence-electron chi connectivity index (χ3n) is 15.0. The second-order valence-corrected chi connectivity index (χ2v) is 17.5. The van der Waals surface area contributed by atoms with Crippen LogP contribution in [0.25, 0.3) is 0 Å². The number of ketones is 1. The molecule has 0 saturated heterocycles. The van der Waals surface area contributed by atoms with E-state index >= 15 is 0 Å². The highest BCUT2D eigenvalue weighted by Gasteiger charge is 2.70. The monoisotopic (exact) mass is 631 g/mol. The van der Waals surface area contributed by atoms with E-state index in [-0.39, 0.29) is 79.7 Å². The molecule has 6 rings (SSSR count). The molecule has 0 aliphatic heterocycles. The number of esters is 1. The molecule has 2 N–H and O–H groups in total. The first-order chi connectivity index (χ1) is 21.4. The molecule has 0 radical (unpaired) electrons. The van der Waals surface area contributed by atoms with Crippen molar-refractivity contribution in [2.45, 2.75) is 112 Å². The Bertz CT molecular complexity index is 1530. The lowest BCUT2D eigenvalue weighted by Crippen LogP contribution is -2.67. The van der Waals surface area contributed by atoms with Gasteiger partial charge in [0.2, 0.25) is 0 Å². The predicted octanol–water partition coefficient (Wildman–Crippen LogP) is 7.64. The van der Waals surface area contributed by atoms with Gasteiger partial charge in [0.1, 0.15) is 0 Å². The molecule has 46 heavy (non-hydrogen) atoms. The molecule has 250 valence electrons. The first kappa shape index (κ1) is 33.0. The first-order valence-corrected chi connectivity index (χ1v) is 17.4. The Kier molecular flexibility index (Phi) is 7.54. The Morgan fingerprint density at radius 2 is 1.52 bits per heavy atom. The van der Waals surface area contributed by atoms with Crippen molar-refractivity contribution in [3.8, 4) is 0 Å². The van der Waals surface area contributed by atoms with Crippen molar-refractivity contribution in [3.05, 3.63) is 47.0 Å². The molecule has 0 aromatic heterocycles. The van der Waals surface area contributed by atoms with Gasteiger partial charge in [0.15, 0.2) is 5.78 Å². The summed E-state index contributed by atoms with van der Waals surface area (Å²) in [6, 6.07) is 6.23. The second kappa shape index (κ2) is 10.5. The number of methoxy groups -OCH3 is 1. The third kappa shape index (κ3) is 4.42. The molecule has 4 saturated carbocycles. The van der Waals surface area contributed by atoms with Gasteiger partial charge in [-0.3, -0.25) is 14.4 Å². The van der Waals surface area contributed by atoms with Crippen LogP contribution >= 0.6 is 0 Å². The fourth-order valence-electron chi connectivity index (χ4n) is 12.0. The van der Waals surface area contributed by atoms with E-state index in [1.54, 1.807) is 18.2 Å². The summed E-state index contributed by atoms with van der Waals surface area (Å²) < 4.78 is 5.28. The zero-order chi connectivity index (χ0) is 33.7. The predicted molar refractivity (Wildman–Crippen MR) is 176 cm³/mol. The van der Waals surface area contributed by atoms with E-state index in [1.807, 2.05) is 13.0 Å². The van der Waals surface area contributed by atoms with Crippen molar-refractivity contribution in [1.29, 1.82) is 0 Å². The minimum absolute atomic E-state index is 0.00368. The zero-order valence-electron chi connectivity index (χ0n) is 29.0. The van der Waals surface area contributed by atoms with Gasteiger partial charge >= 0.3 is 11.9 Å². The number of ether oxygens (including phenoxy) is 1. The van der Waals surface area contributed by atoms with Crippen LogP contribution in [-0.4, -0.2) is 41.9 Å². The van der Waals surface area contributed by atoms with Crippen molar-refractivity contribution < 1.29 is 29.0 Å². The number of nitrogens with one attached hydrogen (secondary N) is 1. The summed E-state index contributed by atoms with van der Waals surface area (Å²) in [4.78, 5) is 53.0. The van der Waals surface area contributed by atoms with Crippen LogP contribution in [0.3, 0.4) is 0 Å². The van der Waals surface area contributed by atoms with Crippen LogP contribution in [0.2, 0.25) is 0 Å². The fraction of sp³-hybridized carbons (Fsp3) is 0.692. The summed E-state index contributed by atoms with van der Waals surface area (Å²) in [6.45, 7) is 16.0. The highest BCUT2D eigenvalue weighted by Crippen LogP contribution is 2.75. The van der Waals surface area contributed by atoms with E-state index in [0.29, 0.717) is 0 Å². The Hall–Kier alpha value is -2.96. The molecule has 1 amide bonds. The lowest BCUT2D eigenvalue weighted by molar-refractivity contribution is -0.189. The molecule has 4 fully saturated rings. The summed E-state index contributed by atoms with van der Waals surface area (Å²) >= 11 is 0. The van der Waals surface area contributed by atoms with Gasteiger partial charge in [0.05, 0.1) is 23.7 Å². The highest BCUT2D eigenvalue weighted by molar-refractivity contribution is 6.05. The number of carboxylic acids is 1. The molecule has 4 unspecified atom stereocenters. The average Bonchev–Trinajstić information content (AvgIpc) is 2.99. The van der Waals surface area contributed by atoms with Crippen LogP contribution in [0.4, 0.5) is 0 Å². The van der Waals surface area contributed by atoms with E-state index in [4.69, 9.17) is 4.74 Å². The van der Waals surface area contributed by atoms with Crippen molar-refractivity contribution in [2.75, 3.05) is 7.11 Å². The largest absolute Gasteiger partial charge is 0.478 e. The summed E-state index contributed by atoms with van der Waals surface area (Å²) in [6.07, 6.45) is 10.1. The van der Waals surface area contributed by atoms with Crippen LogP contribution in [0, 0.1) is 50.2 Å². The first-order valence-electron chi connectivity index (χ1n) is 17.4. The number of carbonyl (C=O) groups excluding carboxylic acids is 3. The molecule has 9 atom stereocenters. The van der Waals surface area contributed by atoms with Gasteiger partial charge in [0.25, 0.3) is 5.91 Å². The lowest BCUT2D eigenvalue weighted by Gasteiger charge is -2.70. The van der Waals surface area contributed by atoms with E-state index in [0.717, 1.165) is 57.8 Å². The number of benzene rings is 1. The normalized spacial score (nSPS) is 42.7. The molecular weight excluding hydrogens is 578 g/mol. The van der Waals surface area contributed by atoms with Crippen LogP contribution in [-0.2, 0) is 14.3 Å². The number of hydrogen-bond donors (Lipinski definition) is 2. The Labute approximate surface area is 274 Å². The number of amides is 1. The quantitative estimate of drug-likeness (QED) is 0.331. The van der Waals surface area contributed by atoms with Gasteiger partial charge in [-0.1, -0.05) is 59.2 Å². The molecular formula is C39H53NO6. The van der Waals surface area contributed by atoms with E-state index < -0.39 is 11.4 Å². The standard InChI is InChI=1S/C39H53NO6/c1-34(2)28-13-16-39(7)30(37(28,5)15-14-29(34)40-31(42)23-11-9-10-12-24(23)32(43)44)27(41)21-25-26-22-36(4,33(45)46-8)18-17-35(26,3)19-20-38(25,39)6/h9-12,21,26,28-30H,13-20,22H2,1-8H3,(H,40,42)(H,43,44)/t26?,28?,29?,30?,35-,36+,37+,38-,39-/m1/s1. The summed E-state index contributed by atoms with van der Waals surface area (Å²) in [7, 11) is 1.48. The average molecular weight is 632 g/mol. The van der Waals surface area contributed by atoms with Crippen molar-refractivity contribution in [2.24, 2.45) is 50.2 Å². The summed E-state index contributed by atoms with van der Waals surface area (Å²) in [5, 5.41) is 12.9. The molecule has 0 heterocycles. The van der Waals surface area contributed by atoms with Gasteiger partial charge < -0.3 is 15.2 Å². The van der Waals surface area contributed by atoms with E-state index in [1.165, 1.54) is 18.7 Å². The maximum Gasteiger partial charge on any atom is 0.336 e. The number of carbonyl (C=O) groups is 4. The zero-order valence-corrected chi connectivity index (χ0v) is 29.0.